The molecular weight excluding hydrogens is 243 g/mol. The molecule has 0 heterocycles. The molecule has 19 heavy (non-hydrogen) atoms. The number of benzene rings is 1. The molecule has 3 N–H and O–H groups in total. The summed E-state index contributed by atoms with van der Waals surface area (Å²) in [6.45, 7) is 0. The minimum absolute atomic E-state index is 0.0953. The second-order valence-corrected chi connectivity index (χ2v) is 5.93. The van der Waals surface area contributed by atoms with Crippen molar-refractivity contribution in [3.8, 4) is 0 Å². The minimum Gasteiger partial charge on any atom is -0.399 e. The Morgan fingerprint density at radius 1 is 1.37 bits per heavy atom. The first-order valence-corrected chi connectivity index (χ1v) is 6.96. The van der Waals surface area contributed by atoms with Crippen LogP contribution in [0.25, 0.3) is 0 Å². The molecule has 2 fully saturated rings. The van der Waals surface area contributed by atoms with Crippen molar-refractivity contribution in [1.29, 1.82) is 0 Å². The molecule has 2 bridgehead atoms. The Kier molecular flexibility index (Phi) is 3.17. The summed E-state index contributed by atoms with van der Waals surface area (Å²) < 4.78 is 13.5. The van der Waals surface area contributed by atoms with Gasteiger partial charge in [-0.2, -0.15) is 0 Å². The summed E-state index contributed by atoms with van der Waals surface area (Å²) in [7, 11) is 0. The van der Waals surface area contributed by atoms with Crippen LogP contribution in [0.4, 0.5) is 15.8 Å². The molecular formula is C15H19FN2O. The Hall–Kier alpha value is -1.58. The zero-order chi connectivity index (χ0) is 13.4. The van der Waals surface area contributed by atoms with E-state index in [0.717, 1.165) is 12.3 Å². The van der Waals surface area contributed by atoms with Gasteiger partial charge in [-0.1, -0.05) is 6.42 Å². The highest BCUT2D eigenvalue weighted by atomic mass is 19.1. The molecule has 1 amide bonds. The van der Waals surface area contributed by atoms with Crippen molar-refractivity contribution in [3.05, 3.63) is 24.0 Å². The number of anilines is 2. The number of nitrogens with two attached hydrogens (primary N) is 1. The van der Waals surface area contributed by atoms with Gasteiger partial charge in [-0.15, -0.1) is 0 Å². The molecule has 0 radical (unpaired) electrons. The Morgan fingerprint density at radius 2 is 2.21 bits per heavy atom. The van der Waals surface area contributed by atoms with Gasteiger partial charge in [0.15, 0.2) is 0 Å². The monoisotopic (exact) mass is 262 g/mol. The molecule has 0 aliphatic heterocycles. The van der Waals surface area contributed by atoms with Crippen LogP contribution >= 0.6 is 0 Å². The predicted octanol–water partition coefficient (Wildman–Crippen LogP) is 3.17. The summed E-state index contributed by atoms with van der Waals surface area (Å²) in [4.78, 5) is 12.0. The van der Waals surface area contributed by atoms with E-state index in [1.54, 1.807) is 0 Å². The van der Waals surface area contributed by atoms with Gasteiger partial charge < -0.3 is 11.1 Å². The zero-order valence-electron chi connectivity index (χ0n) is 10.9. The van der Waals surface area contributed by atoms with Crippen LogP contribution in [0.5, 0.6) is 0 Å². The minimum atomic E-state index is -0.435. The lowest BCUT2D eigenvalue weighted by atomic mass is 9.86. The topological polar surface area (TPSA) is 55.1 Å². The first kappa shape index (κ1) is 12.5. The summed E-state index contributed by atoms with van der Waals surface area (Å²) in [6.07, 6.45) is 5.54. The maximum Gasteiger partial charge on any atom is 0.224 e. The summed E-state index contributed by atoms with van der Waals surface area (Å²) in [6, 6.07) is 4.23. The molecule has 3 nitrogen and oxygen atoms in total. The van der Waals surface area contributed by atoms with Crippen LogP contribution in [0.3, 0.4) is 0 Å². The standard InChI is InChI=1S/C15H19FN2O/c16-13-4-3-12(17)8-14(13)18-15(19)7-11-6-9-1-2-10(11)5-9/h3-4,8-11H,1-2,5-7,17H2,(H,18,19). The molecule has 3 rings (SSSR count). The molecule has 1 aromatic rings. The summed E-state index contributed by atoms with van der Waals surface area (Å²) in [5, 5.41) is 2.64. The molecule has 102 valence electrons. The van der Waals surface area contributed by atoms with Crippen LogP contribution in [0.2, 0.25) is 0 Å². The lowest BCUT2D eigenvalue weighted by Gasteiger charge is -2.21. The molecule has 1 aromatic carbocycles. The quantitative estimate of drug-likeness (QED) is 0.822. The van der Waals surface area contributed by atoms with Gasteiger partial charge in [0.2, 0.25) is 5.91 Å². The Bertz CT molecular complexity index is 503. The van der Waals surface area contributed by atoms with Crippen LogP contribution in [0.1, 0.15) is 32.1 Å². The average Bonchev–Trinajstić information content (AvgIpc) is 2.96. The SMILES string of the molecule is Nc1ccc(F)c(NC(=O)CC2CC3CCC2C3)c1. The van der Waals surface area contributed by atoms with Crippen LogP contribution in [-0.4, -0.2) is 5.91 Å². The molecule has 0 saturated heterocycles. The summed E-state index contributed by atoms with van der Waals surface area (Å²) >= 11 is 0. The van der Waals surface area contributed by atoms with E-state index in [0.29, 0.717) is 23.9 Å². The van der Waals surface area contributed by atoms with Crippen LogP contribution in [0, 0.1) is 23.6 Å². The Balaban J connectivity index is 1.61. The number of hydrogen-bond acceptors (Lipinski definition) is 2. The van der Waals surface area contributed by atoms with Gasteiger partial charge in [-0.05, 0) is 55.2 Å². The van der Waals surface area contributed by atoms with Gasteiger partial charge in [0.25, 0.3) is 0 Å². The average molecular weight is 262 g/mol. The van der Waals surface area contributed by atoms with Crippen molar-refractivity contribution in [1.82, 2.24) is 0 Å². The number of nitrogen functional groups attached to an aromatic ring is 1. The van der Waals surface area contributed by atoms with Crippen molar-refractivity contribution < 1.29 is 9.18 Å². The predicted molar refractivity (Wildman–Crippen MR) is 73.0 cm³/mol. The van der Waals surface area contributed by atoms with E-state index in [1.165, 1.54) is 37.5 Å². The molecule has 2 aliphatic rings. The lowest BCUT2D eigenvalue weighted by molar-refractivity contribution is -0.117. The molecule has 2 aliphatic carbocycles. The second-order valence-electron chi connectivity index (χ2n) is 5.93. The third-order valence-electron chi connectivity index (χ3n) is 4.60. The maximum absolute atomic E-state index is 13.5. The largest absolute Gasteiger partial charge is 0.399 e. The fourth-order valence-electron chi connectivity index (χ4n) is 3.70. The van der Waals surface area contributed by atoms with Gasteiger partial charge in [0.05, 0.1) is 5.69 Å². The lowest BCUT2D eigenvalue weighted by Crippen LogP contribution is -2.20. The van der Waals surface area contributed by atoms with Gasteiger partial charge in [0, 0.05) is 12.1 Å². The van der Waals surface area contributed by atoms with Crippen LogP contribution in [-0.2, 0) is 4.79 Å². The third kappa shape index (κ3) is 2.57. The first-order valence-electron chi connectivity index (χ1n) is 6.96. The smallest absolute Gasteiger partial charge is 0.224 e. The zero-order valence-corrected chi connectivity index (χ0v) is 10.9. The molecule has 4 heteroatoms. The normalized spacial score (nSPS) is 28.6. The highest BCUT2D eigenvalue weighted by molar-refractivity contribution is 5.91. The second kappa shape index (κ2) is 4.83. The van der Waals surface area contributed by atoms with Crippen molar-refractivity contribution in [2.75, 3.05) is 11.1 Å². The highest BCUT2D eigenvalue weighted by Gasteiger charge is 2.40. The number of rotatable bonds is 3. The van der Waals surface area contributed by atoms with E-state index in [2.05, 4.69) is 5.32 Å². The number of carbonyl (C=O) groups is 1. The van der Waals surface area contributed by atoms with Gasteiger partial charge in [-0.25, -0.2) is 4.39 Å². The molecule has 0 spiro atoms. The van der Waals surface area contributed by atoms with E-state index in [-0.39, 0.29) is 11.6 Å². The van der Waals surface area contributed by atoms with E-state index < -0.39 is 5.82 Å². The molecule has 3 unspecified atom stereocenters. The van der Waals surface area contributed by atoms with Crippen molar-refractivity contribution >= 4 is 17.3 Å². The molecule has 3 atom stereocenters. The fourth-order valence-corrected chi connectivity index (χ4v) is 3.70. The van der Waals surface area contributed by atoms with Crippen LogP contribution in [0.15, 0.2) is 18.2 Å². The van der Waals surface area contributed by atoms with Gasteiger partial charge in [0.1, 0.15) is 5.82 Å². The van der Waals surface area contributed by atoms with E-state index in [4.69, 9.17) is 5.73 Å². The van der Waals surface area contributed by atoms with E-state index in [9.17, 15) is 9.18 Å². The Labute approximate surface area is 112 Å². The maximum atomic E-state index is 13.5. The first-order chi connectivity index (χ1) is 9.11. The molecule has 0 aromatic heterocycles. The van der Waals surface area contributed by atoms with Gasteiger partial charge in [-0.3, -0.25) is 4.79 Å². The van der Waals surface area contributed by atoms with Gasteiger partial charge >= 0.3 is 0 Å². The number of hydrogen-bond donors (Lipinski definition) is 2. The van der Waals surface area contributed by atoms with E-state index >= 15 is 0 Å². The number of fused-ring (bicyclic) bond motifs is 2. The molecule has 2 saturated carbocycles. The third-order valence-corrected chi connectivity index (χ3v) is 4.60. The summed E-state index contributed by atoms with van der Waals surface area (Å²) in [5.41, 5.74) is 6.24. The van der Waals surface area contributed by atoms with Crippen LogP contribution < -0.4 is 11.1 Å². The number of carbonyl (C=O) groups excluding carboxylic acids is 1. The number of halogens is 1. The number of amides is 1. The van der Waals surface area contributed by atoms with Crippen molar-refractivity contribution in [2.24, 2.45) is 17.8 Å². The summed E-state index contributed by atoms with van der Waals surface area (Å²) in [5.74, 6) is 1.49. The fraction of sp³-hybridized carbons (Fsp3) is 0.533. The van der Waals surface area contributed by atoms with Crippen molar-refractivity contribution in [2.45, 2.75) is 32.1 Å². The van der Waals surface area contributed by atoms with Crippen molar-refractivity contribution in [3.63, 3.8) is 0 Å². The highest BCUT2D eigenvalue weighted by Crippen LogP contribution is 2.49. The number of nitrogens with one attached hydrogen (secondary N) is 1. The van der Waals surface area contributed by atoms with E-state index in [1.807, 2.05) is 0 Å². The Morgan fingerprint density at radius 3 is 2.89 bits per heavy atom.